The van der Waals surface area contributed by atoms with Crippen LogP contribution in [0.2, 0.25) is 0 Å². The number of anilines is 1. The number of fused-ring (bicyclic) bond motifs is 1. The summed E-state index contributed by atoms with van der Waals surface area (Å²) in [4.78, 5) is 50.4. The van der Waals surface area contributed by atoms with Gasteiger partial charge in [-0.1, -0.05) is 60.7 Å². The highest BCUT2D eigenvalue weighted by Crippen LogP contribution is 2.26. The molecule has 3 heterocycles. The number of carbonyl (C=O) groups is 2. The number of amides is 1. The summed E-state index contributed by atoms with van der Waals surface area (Å²) < 4.78 is 45.4. The molecule has 2 aromatic carbocycles. The van der Waals surface area contributed by atoms with E-state index in [1.807, 2.05) is 6.07 Å². The number of hydrogen-bond acceptors (Lipinski definition) is 7. The number of halogens is 3. The van der Waals surface area contributed by atoms with Gasteiger partial charge in [0, 0.05) is 35.5 Å². The molecule has 0 radical (unpaired) electrons. The zero-order chi connectivity index (χ0) is 29.7. The first kappa shape index (κ1) is 28.1. The minimum absolute atomic E-state index is 0.0438. The summed E-state index contributed by atoms with van der Waals surface area (Å²) in [6.07, 6.45) is -3.37. The van der Waals surface area contributed by atoms with Crippen molar-refractivity contribution >= 4 is 28.6 Å². The number of ether oxygens (including phenoxy) is 1. The lowest BCUT2D eigenvalue weighted by Crippen LogP contribution is -2.43. The Bertz CT molecular complexity index is 1740. The lowest BCUT2D eigenvalue weighted by molar-refractivity contribution is -0.209. The minimum Gasteiger partial charge on any atom is -0.425 e. The SMILES string of the molecule is O=C(NCc1cc2cnccc2[nH]1)C(OC(=O)C(F)(F)F)n1c(-c2ccccc2)cnc(NCc2ccccc2)c1=O. The van der Waals surface area contributed by atoms with Crippen LogP contribution < -0.4 is 16.2 Å². The molecule has 13 heteroatoms. The van der Waals surface area contributed by atoms with Crippen molar-refractivity contribution < 1.29 is 27.5 Å². The molecular formula is C29H23F3N6O4. The quantitative estimate of drug-likeness (QED) is 0.223. The summed E-state index contributed by atoms with van der Waals surface area (Å²) >= 11 is 0. The van der Waals surface area contributed by atoms with Crippen molar-refractivity contribution in [1.29, 1.82) is 0 Å². The fourth-order valence-electron chi connectivity index (χ4n) is 4.21. The molecule has 10 nitrogen and oxygen atoms in total. The average molecular weight is 577 g/mol. The summed E-state index contributed by atoms with van der Waals surface area (Å²) in [5.41, 5.74) is 1.35. The largest absolute Gasteiger partial charge is 0.491 e. The number of rotatable bonds is 9. The number of benzene rings is 2. The molecule has 0 aliphatic heterocycles. The van der Waals surface area contributed by atoms with Crippen molar-refractivity contribution in [1.82, 2.24) is 24.8 Å². The first-order valence-corrected chi connectivity index (χ1v) is 12.6. The molecule has 1 amide bonds. The first-order valence-electron chi connectivity index (χ1n) is 12.6. The van der Waals surface area contributed by atoms with Gasteiger partial charge in [0.1, 0.15) is 0 Å². The van der Waals surface area contributed by atoms with Gasteiger partial charge in [-0.25, -0.2) is 9.78 Å². The monoisotopic (exact) mass is 576 g/mol. The van der Waals surface area contributed by atoms with Gasteiger partial charge in [-0.15, -0.1) is 0 Å². The van der Waals surface area contributed by atoms with Crippen molar-refractivity contribution in [2.24, 2.45) is 0 Å². The number of hydrogen-bond donors (Lipinski definition) is 3. The fourth-order valence-corrected chi connectivity index (χ4v) is 4.21. The van der Waals surface area contributed by atoms with E-state index in [0.717, 1.165) is 16.5 Å². The summed E-state index contributed by atoms with van der Waals surface area (Å²) in [5.74, 6) is -4.06. The Morgan fingerprint density at radius 2 is 1.69 bits per heavy atom. The van der Waals surface area contributed by atoms with Crippen LogP contribution in [-0.4, -0.2) is 37.6 Å². The smallest absolute Gasteiger partial charge is 0.425 e. The van der Waals surface area contributed by atoms with Gasteiger partial charge in [-0.05, 0) is 23.3 Å². The van der Waals surface area contributed by atoms with Crippen LogP contribution in [0.25, 0.3) is 22.2 Å². The van der Waals surface area contributed by atoms with Crippen LogP contribution >= 0.6 is 0 Å². The number of aromatic amines is 1. The number of H-pyrrole nitrogens is 1. The van der Waals surface area contributed by atoms with E-state index in [4.69, 9.17) is 0 Å². The molecule has 0 saturated carbocycles. The molecular weight excluding hydrogens is 553 g/mol. The zero-order valence-corrected chi connectivity index (χ0v) is 21.8. The molecule has 5 rings (SSSR count). The molecule has 0 aliphatic rings. The lowest BCUT2D eigenvalue weighted by atomic mass is 10.1. The van der Waals surface area contributed by atoms with Crippen molar-refractivity contribution in [2.45, 2.75) is 25.5 Å². The molecule has 0 aliphatic carbocycles. The first-order chi connectivity index (χ1) is 20.2. The highest BCUT2D eigenvalue weighted by molar-refractivity contribution is 5.85. The predicted molar refractivity (Wildman–Crippen MR) is 147 cm³/mol. The Kier molecular flexibility index (Phi) is 8.00. The normalized spacial score (nSPS) is 12.1. The van der Waals surface area contributed by atoms with E-state index < -0.39 is 29.8 Å². The third kappa shape index (κ3) is 6.30. The van der Waals surface area contributed by atoms with Gasteiger partial charge < -0.3 is 20.4 Å². The van der Waals surface area contributed by atoms with Crippen molar-refractivity contribution in [2.75, 3.05) is 5.32 Å². The maximum atomic E-state index is 13.7. The molecule has 214 valence electrons. The number of nitrogens with zero attached hydrogens (tertiary/aromatic N) is 3. The van der Waals surface area contributed by atoms with E-state index in [-0.39, 0.29) is 24.6 Å². The highest BCUT2D eigenvalue weighted by Gasteiger charge is 2.44. The fraction of sp³-hybridized carbons (Fsp3) is 0.138. The Morgan fingerprint density at radius 3 is 2.38 bits per heavy atom. The number of alkyl halides is 3. The lowest BCUT2D eigenvalue weighted by Gasteiger charge is -2.23. The molecule has 0 fully saturated rings. The topological polar surface area (TPSA) is 131 Å². The van der Waals surface area contributed by atoms with Crippen molar-refractivity contribution in [3.05, 3.63) is 113 Å². The Hall–Kier alpha value is -5.46. The molecule has 42 heavy (non-hydrogen) atoms. The number of carbonyl (C=O) groups excluding carboxylic acids is 2. The van der Waals surface area contributed by atoms with Crippen molar-refractivity contribution in [3.8, 4) is 11.3 Å². The summed E-state index contributed by atoms with van der Waals surface area (Å²) in [6.45, 7) is -0.0184. The molecule has 1 atom stereocenters. The van der Waals surface area contributed by atoms with Crippen molar-refractivity contribution in [3.63, 3.8) is 0 Å². The van der Waals surface area contributed by atoms with E-state index >= 15 is 0 Å². The van der Waals surface area contributed by atoms with Gasteiger partial charge in [-0.3, -0.25) is 19.1 Å². The van der Waals surface area contributed by atoms with Crippen LogP contribution in [0.5, 0.6) is 0 Å². The second-order valence-electron chi connectivity index (χ2n) is 9.10. The van der Waals surface area contributed by atoms with Gasteiger partial charge in [0.2, 0.25) is 0 Å². The van der Waals surface area contributed by atoms with Crippen LogP contribution in [0.3, 0.4) is 0 Å². The molecule has 1 unspecified atom stereocenters. The highest BCUT2D eigenvalue weighted by atomic mass is 19.4. The van der Waals surface area contributed by atoms with E-state index in [9.17, 15) is 27.6 Å². The van der Waals surface area contributed by atoms with Crippen LogP contribution in [0.15, 0.2) is 96.2 Å². The second-order valence-corrected chi connectivity index (χ2v) is 9.10. The molecule has 5 aromatic rings. The minimum atomic E-state index is -5.43. The van der Waals surface area contributed by atoms with Gasteiger partial charge in [0.25, 0.3) is 17.7 Å². The third-order valence-electron chi connectivity index (χ3n) is 6.21. The second kappa shape index (κ2) is 12.0. The maximum Gasteiger partial charge on any atom is 0.491 e. The van der Waals surface area contributed by atoms with Gasteiger partial charge in [0.05, 0.1) is 18.4 Å². The maximum absolute atomic E-state index is 13.7. The van der Waals surface area contributed by atoms with Crippen LogP contribution in [-0.2, 0) is 27.4 Å². The third-order valence-corrected chi connectivity index (χ3v) is 6.21. The predicted octanol–water partition coefficient (Wildman–Crippen LogP) is 4.32. The van der Waals surface area contributed by atoms with Crippen LogP contribution in [0.1, 0.15) is 17.5 Å². The standard InChI is InChI=1S/C29H23F3N6O4/c30-29(31,32)28(41)42-27(25(39)36-16-21-13-20-15-33-12-11-22(20)37-21)38-23(19-9-5-2-6-10-19)17-35-24(26(38)40)34-14-18-7-3-1-4-8-18/h1-13,15,17,27,37H,14,16H2,(H,34,35)(H,36,39). The molecule has 0 bridgehead atoms. The van der Waals surface area contributed by atoms with Gasteiger partial charge >= 0.3 is 12.1 Å². The number of esters is 1. The molecule has 3 N–H and O–H groups in total. The summed E-state index contributed by atoms with van der Waals surface area (Å²) in [7, 11) is 0. The zero-order valence-electron chi connectivity index (χ0n) is 21.8. The number of aromatic nitrogens is 4. The van der Waals surface area contributed by atoms with Gasteiger partial charge in [0.15, 0.2) is 5.82 Å². The van der Waals surface area contributed by atoms with E-state index in [2.05, 4.69) is 30.3 Å². The van der Waals surface area contributed by atoms with E-state index in [1.165, 1.54) is 6.20 Å². The molecule has 0 saturated heterocycles. The average Bonchev–Trinajstić information content (AvgIpc) is 3.42. The summed E-state index contributed by atoms with van der Waals surface area (Å²) in [6, 6.07) is 20.5. The van der Waals surface area contributed by atoms with Crippen LogP contribution in [0.4, 0.5) is 19.0 Å². The Balaban J connectivity index is 1.54. The Labute approximate surface area is 236 Å². The van der Waals surface area contributed by atoms with Crippen LogP contribution in [0, 0.1) is 0 Å². The molecule has 0 spiro atoms. The summed E-state index contributed by atoms with van der Waals surface area (Å²) in [5, 5.41) is 6.05. The van der Waals surface area contributed by atoms with E-state index in [1.54, 1.807) is 79.1 Å². The number of nitrogens with one attached hydrogen (secondary N) is 3. The van der Waals surface area contributed by atoms with E-state index in [0.29, 0.717) is 15.8 Å². The van der Waals surface area contributed by atoms with Gasteiger partial charge in [-0.2, -0.15) is 13.2 Å². The molecule has 3 aromatic heterocycles. The Morgan fingerprint density at radius 1 is 0.976 bits per heavy atom. The number of pyridine rings is 1.